The van der Waals surface area contributed by atoms with Gasteiger partial charge in [0.1, 0.15) is 0 Å². The van der Waals surface area contributed by atoms with Gasteiger partial charge in [-0.15, -0.1) is 12.4 Å². The van der Waals surface area contributed by atoms with Crippen molar-refractivity contribution in [1.29, 1.82) is 0 Å². The molecular weight excluding hydrogens is 402 g/mol. The van der Waals surface area contributed by atoms with Gasteiger partial charge in [-0.1, -0.05) is 13.8 Å². The number of carbonyl (C=O) groups is 2. The van der Waals surface area contributed by atoms with Crippen molar-refractivity contribution in [3.8, 4) is 0 Å². The highest BCUT2D eigenvalue weighted by molar-refractivity contribution is 5.96. The van der Waals surface area contributed by atoms with E-state index in [1.165, 1.54) is 0 Å². The molecule has 0 radical (unpaired) electrons. The maximum atomic E-state index is 12.8. The van der Waals surface area contributed by atoms with Crippen LogP contribution in [-0.4, -0.2) is 52.7 Å². The third-order valence-electron chi connectivity index (χ3n) is 5.38. The van der Waals surface area contributed by atoms with Crippen molar-refractivity contribution in [2.45, 2.75) is 32.6 Å². The van der Waals surface area contributed by atoms with Crippen LogP contribution in [0.25, 0.3) is 0 Å². The molecule has 0 aliphatic carbocycles. The molecule has 2 aromatic rings. The molecule has 7 nitrogen and oxygen atoms in total. The van der Waals surface area contributed by atoms with Gasteiger partial charge in [0.2, 0.25) is 5.91 Å². The summed E-state index contributed by atoms with van der Waals surface area (Å²) in [6.07, 6.45) is 5.67. The highest BCUT2D eigenvalue weighted by atomic mass is 35.5. The summed E-state index contributed by atoms with van der Waals surface area (Å²) in [6, 6.07) is 7.20. The first-order chi connectivity index (χ1) is 14.0. The van der Waals surface area contributed by atoms with Crippen LogP contribution < -0.4 is 10.6 Å². The molecule has 2 N–H and O–H groups in total. The van der Waals surface area contributed by atoms with Crippen molar-refractivity contribution in [1.82, 2.24) is 20.0 Å². The summed E-state index contributed by atoms with van der Waals surface area (Å²) in [5.74, 6) is -0.00367. The molecule has 1 aromatic heterocycles. The Kier molecular flexibility index (Phi) is 8.87. The zero-order chi connectivity index (χ0) is 20.8. The smallest absolute Gasteiger partial charge is 0.253 e. The third kappa shape index (κ3) is 5.61. The van der Waals surface area contributed by atoms with E-state index in [0.29, 0.717) is 17.8 Å². The van der Waals surface area contributed by atoms with Crippen LogP contribution in [0.15, 0.2) is 36.7 Å². The standard InChI is InChI=1S/C22H31N5O2.ClH/c1-4-10-27(11-5-2)22(29)16-6-8-18(9-7-16)25-21(28)20-14-23-13-19(20)17-12-24-26(3)15-17;/h6-9,12,15,19-20,23H,4-5,10-11,13-14H2,1-3H3,(H,25,28);1H/t19-,20+;/m1./s1. The van der Waals surface area contributed by atoms with E-state index in [4.69, 9.17) is 0 Å². The Morgan fingerprint density at radius 2 is 1.83 bits per heavy atom. The molecule has 1 aliphatic heterocycles. The summed E-state index contributed by atoms with van der Waals surface area (Å²) in [4.78, 5) is 27.4. The van der Waals surface area contributed by atoms with Crippen LogP contribution in [0.1, 0.15) is 48.5 Å². The SMILES string of the molecule is CCCN(CCC)C(=O)c1ccc(NC(=O)[C@H]2CNC[C@@H]2c2cnn(C)c2)cc1.Cl. The van der Waals surface area contributed by atoms with Crippen molar-refractivity contribution in [3.63, 3.8) is 0 Å². The first-order valence-electron chi connectivity index (χ1n) is 10.4. The number of amides is 2. The molecule has 0 unspecified atom stereocenters. The van der Waals surface area contributed by atoms with Gasteiger partial charge in [-0.05, 0) is 42.7 Å². The van der Waals surface area contributed by atoms with Gasteiger partial charge in [-0.3, -0.25) is 14.3 Å². The second-order valence-corrected chi connectivity index (χ2v) is 7.68. The Bertz CT molecular complexity index is 830. The first-order valence-corrected chi connectivity index (χ1v) is 10.4. The van der Waals surface area contributed by atoms with E-state index in [1.54, 1.807) is 16.8 Å². The van der Waals surface area contributed by atoms with Crippen LogP contribution in [-0.2, 0) is 11.8 Å². The molecule has 0 bridgehead atoms. The number of hydrogen-bond acceptors (Lipinski definition) is 4. The van der Waals surface area contributed by atoms with E-state index < -0.39 is 0 Å². The van der Waals surface area contributed by atoms with Crippen LogP contribution in [0, 0.1) is 5.92 Å². The van der Waals surface area contributed by atoms with E-state index in [9.17, 15) is 9.59 Å². The predicted molar refractivity (Wildman–Crippen MR) is 121 cm³/mol. The zero-order valence-electron chi connectivity index (χ0n) is 17.9. The third-order valence-corrected chi connectivity index (χ3v) is 5.38. The Morgan fingerprint density at radius 1 is 1.17 bits per heavy atom. The van der Waals surface area contributed by atoms with Gasteiger partial charge in [0.05, 0.1) is 12.1 Å². The highest BCUT2D eigenvalue weighted by Gasteiger charge is 2.34. The fraction of sp³-hybridized carbons (Fsp3) is 0.500. The molecular formula is C22H32ClN5O2. The summed E-state index contributed by atoms with van der Waals surface area (Å²) in [7, 11) is 1.88. The van der Waals surface area contributed by atoms with Crippen molar-refractivity contribution in [2.75, 3.05) is 31.5 Å². The normalized spacial score (nSPS) is 18.0. The second-order valence-electron chi connectivity index (χ2n) is 7.68. The molecule has 8 heteroatoms. The number of hydrogen-bond donors (Lipinski definition) is 2. The van der Waals surface area contributed by atoms with E-state index in [0.717, 1.165) is 38.0 Å². The molecule has 2 heterocycles. The van der Waals surface area contributed by atoms with Crippen LogP contribution in [0.2, 0.25) is 0 Å². The number of halogens is 1. The Hall–Kier alpha value is -2.38. The Balaban J connectivity index is 0.00000320. The lowest BCUT2D eigenvalue weighted by atomic mass is 9.90. The van der Waals surface area contributed by atoms with Crippen molar-refractivity contribution in [2.24, 2.45) is 13.0 Å². The first kappa shape index (κ1) is 23.9. The van der Waals surface area contributed by atoms with Crippen LogP contribution in [0.3, 0.4) is 0 Å². The molecule has 0 spiro atoms. The minimum atomic E-state index is -0.148. The van der Waals surface area contributed by atoms with Gasteiger partial charge in [0.25, 0.3) is 5.91 Å². The number of anilines is 1. The lowest BCUT2D eigenvalue weighted by molar-refractivity contribution is -0.119. The highest BCUT2D eigenvalue weighted by Crippen LogP contribution is 2.29. The zero-order valence-corrected chi connectivity index (χ0v) is 18.7. The number of aryl methyl sites for hydroxylation is 1. The molecule has 1 aliphatic rings. The topological polar surface area (TPSA) is 79.3 Å². The van der Waals surface area contributed by atoms with E-state index in [1.807, 2.05) is 36.5 Å². The predicted octanol–water partition coefficient (Wildman–Crippen LogP) is 3.05. The molecule has 2 amide bonds. The van der Waals surface area contributed by atoms with Crippen molar-refractivity contribution >= 4 is 29.9 Å². The minimum Gasteiger partial charge on any atom is -0.339 e. The van der Waals surface area contributed by atoms with Crippen molar-refractivity contribution in [3.05, 3.63) is 47.8 Å². The molecule has 3 rings (SSSR count). The van der Waals surface area contributed by atoms with E-state index in [2.05, 4.69) is 29.6 Å². The van der Waals surface area contributed by atoms with Gasteiger partial charge in [-0.25, -0.2) is 0 Å². The van der Waals surface area contributed by atoms with E-state index >= 15 is 0 Å². The lowest BCUT2D eigenvalue weighted by Gasteiger charge is -2.21. The fourth-order valence-electron chi connectivity index (χ4n) is 3.90. The second kappa shape index (κ2) is 11.1. The van der Waals surface area contributed by atoms with Gasteiger partial charge >= 0.3 is 0 Å². The number of aromatic nitrogens is 2. The molecule has 2 atom stereocenters. The maximum absolute atomic E-state index is 12.8. The average molecular weight is 434 g/mol. The lowest BCUT2D eigenvalue weighted by Crippen LogP contribution is -2.32. The summed E-state index contributed by atoms with van der Waals surface area (Å²) < 4.78 is 1.76. The Morgan fingerprint density at radius 3 is 2.40 bits per heavy atom. The number of benzene rings is 1. The molecule has 1 aromatic carbocycles. The minimum absolute atomic E-state index is 0. The van der Waals surface area contributed by atoms with Crippen LogP contribution >= 0.6 is 12.4 Å². The maximum Gasteiger partial charge on any atom is 0.253 e. The monoisotopic (exact) mass is 433 g/mol. The Labute approximate surface area is 184 Å². The fourth-order valence-corrected chi connectivity index (χ4v) is 3.90. The van der Waals surface area contributed by atoms with Gasteiger partial charge in [0, 0.05) is 56.6 Å². The van der Waals surface area contributed by atoms with Gasteiger partial charge in [0.15, 0.2) is 0 Å². The van der Waals surface area contributed by atoms with Crippen LogP contribution in [0.4, 0.5) is 5.69 Å². The van der Waals surface area contributed by atoms with Crippen molar-refractivity contribution < 1.29 is 9.59 Å². The largest absolute Gasteiger partial charge is 0.339 e. The molecule has 1 fully saturated rings. The molecule has 1 saturated heterocycles. The van der Waals surface area contributed by atoms with E-state index in [-0.39, 0.29) is 36.1 Å². The average Bonchev–Trinajstić information content (AvgIpc) is 3.36. The molecule has 0 saturated carbocycles. The molecule has 30 heavy (non-hydrogen) atoms. The summed E-state index contributed by atoms with van der Waals surface area (Å²) in [5.41, 5.74) is 2.44. The van der Waals surface area contributed by atoms with Gasteiger partial charge < -0.3 is 15.5 Å². The number of nitrogens with zero attached hydrogens (tertiary/aromatic N) is 3. The quantitative estimate of drug-likeness (QED) is 0.670. The number of rotatable bonds is 8. The summed E-state index contributed by atoms with van der Waals surface area (Å²) in [6.45, 7) is 7.08. The van der Waals surface area contributed by atoms with Gasteiger partial charge in [-0.2, -0.15) is 5.10 Å². The molecule has 164 valence electrons. The number of carbonyl (C=O) groups excluding carboxylic acids is 2. The summed E-state index contributed by atoms with van der Waals surface area (Å²) in [5, 5.41) is 10.5. The summed E-state index contributed by atoms with van der Waals surface area (Å²) >= 11 is 0. The number of nitrogens with one attached hydrogen (secondary N) is 2. The van der Waals surface area contributed by atoms with Crippen LogP contribution in [0.5, 0.6) is 0 Å².